The molecule has 0 aliphatic carbocycles. The molecule has 108 valence electrons. The average molecular weight is 274 g/mol. The van der Waals surface area contributed by atoms with E-state index in [9.17, 15) is 4.79 Å². The van der Waals surface area contributed by atoms with Crippen molar-refractivity contribution in [1.82, 2.24) is 9.47 Å². The van der Waals surface area contributed by atoms with Crippen LogP contribution in [-0.4, -0.2) is 34.1 Å². The summed E-state index contributed by atoms with van der Waals surface area (Å²) in [5.74, 6) is -1.10. The van der Waals surface area contributed by atoms with Crippen molar-refractivity contribution in [2.75, 3.05) is 13.6 Å². The zero-order valence-electron chi connectivity index (χ0n) is 12.6. The second-order valence-electron chi connectivity index (χ2n) is 5.58. The van der Waals surface area contributed by atoms with Crippen molar-refractivity contribution in [3.05, 3.63) is 35.5 Å². The van der Waals surface area contributed by atoms with Crippen molar-refractivity contribution < 1.29 is 9.90 Å². The van der Waals surface area contributed by atoms with Gasteiger partial charge in [0.1, 0.15) is 0 Å². The zero-order chi connectivity index (χ0) is 14.9. The van der Waals surface area contributed by atoms with Crippen LogP contribution in [0.2, 0.25) is 0 Å². The molecule has 0 spiro atoms. The summed E-state index contributed by atoms with van der Waals surface area (Å²) in [6, 6.07) is 8.34. The van der Waals surface area contributed by atoms with Crippen molar-refractivity contribution in [1.29, 1.82) is 0 Å². The SMILES string of the molecule is Cc1c(CN(C)CC(C)C(=O)O)n(C)c2ccccc12. The van der Waals surface area contributed by atoms with Crippen LogP contribution in [-0.2, 0) is 18.4 Å². The summed E-state index contributed by atoms with van der Waals surface area (Å²) in [5.41, 5.74) is 3.74. The number of benzene rings is 1. The molecule has 0 saturated heterocycles. The van der Waals surface area contributed by atoms with Crippen LogP contribution in [0.5, 0.6) is 0 Å². The van der Waals surface area contributed by atoms with Crippen LogP contribution in [0.1, 0.15) is 18.2 Å². The molecule has 2 aromatic rings. The van der Waals surface area contributed by atoms with Crippen molar-refractivity contribution in [3.63, 3.8) is 0 Å². The van der Waals surface area contributed by atoms with Crippen LogP contribution in [0, 0.1) is 12.8 Å². The Kier molecular flexibility index (Phi) is 4.14. The molecule has 4 nitrogen and oxygen atoms in total. The normalized spacial score (nSPS) is 13.1. The van der Waals surface area contributed by atoms with E-state index in [1.807, 2.05) is 13.1 Å². The summed E-state index contributed by atoms with van der Waals surface area (Å²) < 4.78 is 2.20. The molecule has 4 heteroatoms. The summed E-state index contributed by atoms with van der Waals surface area (Å²) in [6.45, 7) is 5.18. The lowest BCUT2D eigenvalue weighted by Gasteiger charge is -2.20. The fourth-order valence-corrected chi connectivity index (χ4v) is 2.73. The number of carboxylic acids is 1. The molecule has 0 fully saturated rings. The Morgan fingerprint density at radius 1 is 1.40 bits per heavy atom. The molecule has 0 saturated carbocycles. The highest BCUT2D eigenvalue weighted by Gasteiger charge is 2.17. The maximum absolute atomic E-state index is 10.9. The lowest BCUT2D eigenvalue weighted by atomic mass is 10.1. The summed E-state index contributed by atoms with van der Waals surface area (Å²) in [7, 11) is 4.04. The van der Waals surface area contributed by atoms with Gasteiger partial charge in [0.2, 0.25) is 0 Å². The van der Waals surface area contributed by atoms with Crippen LogP contribution in [0.4, 0.5) is 0 Å². The first kappa shape index (κ1) is 14.6. The largest absolute Gasteiger partial charge is 0.481 e. The smallest absolute Gasteiger partial charge is 0.307 e. The van der Waals surface area contributed by atoms with Crippen LogP contribution in [0.3, 0.4) is 0 Å². The van der Waals surface area contributed by atoms with Gasteiger partial charge in [0.15, 0.2) is 0 Å². The first-order valence-corrected chi connectivity index (χ1v) is 6.86. The van der Waals surface area contributed by atoms with Gasteiger partial charge in [-0.1, -0.05) is 25.1 Å². The van der Waals surface area contributed by atoms with Gasteiger partial charge in [0, 0.05) is 36.7 Å². The minimum atomic E-state index is -0.745. The summed E-state index contributed by atoms with van der Waals surface area (Å²) in [4.78, 5) is 13.0. The summed E-state index contributed by atoms with van der Waals surface area (Å²) in [6.07, 6.45) is 0. The van der Waals surface area contributed by atoms with Gasteiger partial charge in [0.25, 0.3) is 0 Å². The highest BCUT2D eigenvalue weighted by atomic mass is 16.4. The standard InChI is InChI=1S/C16H22N2O2/c1-11(16(19)20)9-17(3)10-15-12(2)13-7-5-6-8-14(13)18(15)4/h5-8,11H,9-10H2,1-4H3,(H,19,20). The number of rotatable bonds is 5. The number of hydrogen-bond acceptors (Lipinski definition) is 2. The predicted octanol–water partition coefficient (Wildman–Crippen LogP) is 2.64. The van der Waals surface area contributed by atoms with Crippen molar-refractivity contribution in [2.45, 2.75) is 20.4 Å². The van der Waals surface area contributed by atoms with Gasteiger partial charge in [-0.3, -0.25) is 9.69 Å². The Morgan fingerprint density at radius 3 is 2.65 bits per heavy atom. The Morgan fingerprint density at radius 2 is 2.05 bits per heavy atom. The van der Waals surface area contributed by atoms with Crippen molar-refractivity contribution in [3.8, 4) is 0 Å². The van der Waals surface area contributed by atoms with Crippen LogP contribution in [0.25, 0.3) is 10.9 Å². The second kappa shape index (κ2) is 5.67. The van der Waals surface area contributed by atoms with E-state index in [4.69, 9.17) is 5.11 Å². The minimum Gasteiger partial charge on any atom is -0.481 e. The fraction of sp³-hybridized carbons (Fsp3) is 0.438. The van der Waals surface area contributed by atoms with Gasteiger partial charge in [-0.15, -0.1) is 0 Å². The van der Waals surface area contributed by atoms with E-state index in [-0.39, 0.29) is 5.92 Å². The molecular weight excluding hydrogens is 252 g/mol. The highest BCUT2D eigenvalue weighted by molar-refractivity contribution is 5.85. The lowest BCUT2D eigenvalue weighted by molar-refractivity contribution is -0.141. The van der Waals surface area contributed by atoms with E-state index in [1.54, 1.807) is 6.92 Å². The first-order valence-electron chi connectivity index (χ1n) is 6.86. The quantitative estimate of drug-likeness (QED) is 0.911. The van der Waals surface area contributed by atoms with Gasteiger partial charge in [-0.25, -0.2) is 0 Å². The molecule has 0 radical (unpaired) electrons. The van der Waals surface area contributed by atoms with Crippen LogP contribution >= 0.6 is 0 Å². The summed E-state index contributed by atoms with van der Waals surface area (Å²) >= 11 is 0. The maximum Gasteiger partial charge on any atom is 0.307 e. The van der Waals surface area contributed by atoms with E-state index < -0.39 is 5.97 Å². The fourth-order valence-electron chi connectivity index (χ4n) is 2.73. The van der Waals surface area contributed by atoms with E-state index in [2.05, 4.69) is 41.6 Å². The number of carbonyl (C=O) groups is 1. The van der Waals surface area contributed by atoms with E-state index in [0.29, 0.717) is 6.54 Å². The number of nitrogens with zero attached hydrogens (tertiary/aromatic N) is 2. The molecule has 1 unspecified atom stereocenters. The average Bonchev–Trinajstić information content (AvgIpc) is 2.64. The molecule has 1 aromatic carbocycles. The summed E-state index contributed by atoms with van der Waals surface area (Å²) in [5, 5.41) is 10.3. The molecule has 0 aliphatic heterocycles. The minimum absolute atomic E-state index is 0.352. The molecule has 1 atom stereocenters. The Hall–Kier alpha value is -1.81. The van der Waals surface area contributed by atoms with Gasteiger partial charge in [-0.05, 0) is 25.6 Å². The van der Waals surface area contributed by atoms with Gasteiger partial charge in [0.05, 0.1) is 5.92 Å². The monoisotopic (exact) mass is 274 g/mol. The number of carboxylic acid groups (broad SMARTS) is 1. The molecule has 1 N–H and O–H groups in total. The Bertz CT molecular complexity index is 592. The van der Waals surface area contributed by atoms with Crippen molar-refractivity contribution >= 4 is 16.9 Å². The molecule has 0 bridgehead atoms. The molecule has 0 amide bonds. The van der Waals surface area contributed by atoms with E-state index in [0.717, 1.165) is 6.54 Å². The topological polar surface area (TPSA) is 45.5 Å². The molecule has 0 aliphatic rings. The lowest BCUT2D eigenvalue weighted by Crippen LogP contribution is -2.29. The molecule has 2 rings (SSSR count). The van der Waals surface area contributed by atoms with Gasteiger partial charge < -0.3 is 9.67 Å². The maximum atomic E-state index is 10.9. The van der Waals surface area contributed by atoms with E-state index in [1.165, 1.54) is 22.2 Å². The number of hydrogen-bond donors (Lipinski definition) is 1. The molecular formula is C16H22N2O2. The second-order valence-corrected chi connectivity index (χ2v) is 5.58. The number of para-hydroxylation sites is 1. The number of aliphatic carboxylic acids is 1. The number of fused-ring (bicyclic) bond motifs is 1. The number of aryl methyl sites for hydroxylation is 2. The molecule has 1 aromatic heterocycles. The van der Waals surface area contributed by atoms with Gasteiger partial charge in [-0.2, -0.15) is 0 Å². The predicted molar refractivity (Wildman–Crippen MR) is 80.8 cm³/mol. The zero-order valence-corrected chi connectivity index (χ0v) is 12.6. The third-order valence-corrected chi connectivity index (χ3v) is 3.93. The van der Waals surface area contributed by atoms with Crippen molar-refractivity contribution in [2.24, 2.45) is 13.0 Å². The molecule has 1 heterocycles. The van der Waals surface area contributed by atoms with Gasteiger partial charge >= 0.3 is 5.97 Å². The van der Waals surface area contributed by atoms with Crippen LogP contribution < -0.4 is 0 Å². The Balaban J connectivity index is 2.23. The van der Waals surface area contributed by atoms with Crippen LogP contribution in [0.15, 0.2) is 24.3 Å². The highest BCUT2D eigenvalue weighted by Crippen LogP contribution is 2.25. The molecule has 20 heavy (non-hydrogen) atoms. The Labute approximate surface area is 119 Å². The van der Waals surface area contributed by atoms with E-state index >= 15 is 0 Å². The first-order chi connectivity index (χ1) is 9.41. The third kappa shape index (κ3) is 2.70. The third-order valence-electron chi connectivity index (χ3n) is 3.93. The number of aromatic nitrogens is 1.